The highest BCUT2D eigenvalue weighted by molar-refractivity contribution is 5.54. The topological polar surface area (TPSA) is 56.5 Å². The second-order valence-electron chi connectivity index (χ2n) is 3.79. The summed E-state index contributed by atoms with van der Waals surface area (Å²) in [5, 5.41) is 17.9. The van der Waals surface area contributed by atoms with Gasteiger partial charge in [-0.15, -0.1) is 0 Å². The van der Waals surface area contributed by atoms with Crippen LogP contribution in [0, 0.1) is 17.1 Å². The van der Waals surface area contributed by atoms with Gasteiger partial charge in [0, 0.05) is 25.8 Å². The van der Waals surface area contributed by atoms with Crippen LogP contribution in [0.2, 0.25) is 0 Å². The van der Waals surface area contributed by atoms with E-state index in [9.17, 15) is 9.50 Å². The molecular weight excluding hydrogens is 235 g/mol. The molecule has 5 heteroatoms. The predicted molar refractivity (Wildman–Crippen MR) is 66.6 cm³/mol. The highest BCUT2D eigenvalue weighted by atomic mass is 19.1. The standard InChI is InChI=1S/C13H17FN2O2/c1-18-9-8-16(7-3-6-15)13-11(10-17)4-2-5-12(13)14/h2,4-5,17H,3,7-10H2,1H3. The number of aliphatic hydroxyl groups excluding tert-OH is 1. The van der Waals surface area contributed by atoms with Crippen molar-refractivity contribution in [1.29, 1.82) is 5.26 Å². The van der Waals surface area contributed by atoms with Crippen molar-refractivity contribution in [2.45, 2.75) is 13.0 Å². The molecule has 18 heavy (non-hydrogen) atoms. The summed E-state index contributed by atoms with van der Waals surface area (Å²) in [5.74, 6) is -0.393. The van der Waals surface area contributed by atoms with Crippen LogP contribution in [-0.4, -0.2) is 31.9 Å². The SMILES string of the molecule is COCCN(CCC#N)c1c(F)cccc1CO. The Morgan fingerprint density at radius 3 is 2.83 bits per heavy atom. The molecule has 1 aromatic rings. The van der Waals surface area contributed by atoms with Crippen molar-refractivity contribution in [2.75, 3.05) is 31.7 Å². The largest absolute Gasteiger partial charge is 0.392 e. The molecule has 0 atom stereocenters. The molecule has 0 radical (unpaired) electrons. The fourth-order valence-electron chi connectivity index (χ4n) is 1.76. The molecular formula is C13H17FN2O2. The van der Waals surface area contributed by atoms with Gasteiger partial charge in [-0.3, -0.25) is 0 Å². The predicted octanol–water partition coefficient (Wildman–Crippen LogP) is 1.68. The quantitative estimate of drug-likeness (QED) is 0.802. The van der Waals surface area contributed by atoms with Crippen molar-refractivity contribution in [2.24, 2.45) is 0 Å². The molecule has 4 nitrogen and oxygen atoms in total. The third kappa shape index (κ3) is 3.69. The van der Waals surface area contributed by atoms with E-state index in [2.05, 4.69) is 0 Å². The van der Waals surface area contributed by atoms with E-state index in [1.165, 1.54) is 6.07 Å². The van der Waals surface area contributed by atoms with Gasteiger partial charge < -0.3 is 14.7 Å². The van der Waals surface area contributed by atoms with Crippen molar-refractivity contribution < 1.29 is 14.2 Å². The summed E-state index contributed by atoms with van der Waals surface area (Å²) in [6.45, 7) is 1.09. The molecule has 0 aliphatic carbocycles. The first kappa shape index (κ1) is 14.4. The maximum absolute atomic E-state index is 13.9. The van der Waals surface area contributed by atoms with Gasteiger partial charge in [0.25, 0.3) is 0 Å². The van der Waals surface area contributed by atoms with Gasteiger partial charge in [-0.1, -0.05) is 12.1 Å². The van der Waals surface area contributed by atoms with E-state index in [0.717, 1.165) is 0 Å². The smallest absolute Gasteiger partial charge is 0.146 e. The van der Waals surface area contributed by atoms with Crippen LogP contribution in [0.4, 0.5) is 10.1 Å². The van der Waals surface area contributed by atoms with E-state index in [1.54, 1.807) is 24.1 Å². The number of rotatable bonds is 7. The number of aliphatic hydroxyl groups is 1. The van der Waals surface area contributed by atoms with Crippen molar-refractivity contribution >= 4 is 5.69 Å². The van der Waals surface area contributed by atoms with E-state index >= 15 is 0 Å². The van der Waals surface area contributed by atoms with Gasteiger partial charge in [0.05, 0.1) is 31.4 Å². The minimum absolute atomic E-state index is 0.233. The van der Waals surface area contributed by atoms with Gasteiger partial charge in [-0.05, 0) is 6.07 Å². The van der Waals surface area contributed by atoms with E-state index < -0.39 is 5.82 Å². The summed E-state index contributed by atoms with van der Waals surface area (Å²) >= 11 is 0. The van der Waals surface area contributed by atoms with Crippen LogP contribution in [0.5, 0.6) is 0 Å². The Kier molecular flexibility index (Phi) is 6.12. The zero-order chi connectivity index (χ0) is 13.4. The van der Waals surface area contributed by atoms with Gasteiger partial charge >= 0.3 is 0 Å². The van der Waals surface area contributed by atoms with Crippen molar-refractivity contribution in [3.63, 3.8) is 0 Å². The molecule has 98 valence electrons. The first-order valence-electron chi connectivity index (χ1n) is 5.73. The monoisotopic (exact) mass is 252 g/mol. The van der Waals surface area contributed by atoms with E-state index in [-0.39, 0.29) is 6.61 Å². The van der Waals surface area contributed by atoms with Gasteiger partial charge in [-0.25, -0.2) is 4.39 Å². The number of methoxy groups -OCH3 is 1. The first-order chi connectivity index (χ1) is 8.74. The van der Waals surface area contributed by atoms with Crippen LogP contribution in [-0.2, 0) is 11.3 Å². The third-order valence-electron chi connectivity index (χ3n) is 2.62. The molecule has 0 fully saturated rings. The highest BCUT2D eigenvalue weighted by Gasteiger charge is 2.15. The molecule has 1 N–H and O–H groups in total. The Bertz CT molecular complexity index is 418. The summed E-state index contributed by atoms with van der Waals surface area (Å²) in [6, 6.07) is 6.61. The summed E-state index contributed by atoms with van der Waals surface area (Å²) in [7, 11) is 1.57. The number of nitrogens with zero attached hydrogens (tertiary/aromatic N) is 2. The lowest BCUT2D eigenvalue weighted by molar-refractivity contribution is 0.205. The molecule has 0 aliphatic rings. The van der Waals surface area contributed by atoms with E-state index in [0.29, 0.717) is 37.4 Å². The number of anilines is 1. The molecule has 0 bridgehead atoms. The normalized spacial score (nSPS) is 10.1. The summed E-state index contributed by atoms with van der Waals surface area (Å²) in [5.41, 5.74) is 0.872. The van der Waals surface area contributed by atoms with Crippen molar-refractivity contribution in [3.8, 4) is 6.07 Å². The maximum Gasteiger partial charge on any atom is 0.146 e. The molecule has 0 spiro atoms. The van der Waals surface area contributed by atoms with Crippen LogP contribution in [0.3, 0.4) is 0 Å². The Hall–Kier alpha value is -1.64. The number of ether oxygens (including phenoxy) is 1. The number of hydrogen-bond donors (Lipinski definition) is 1. The highest BCUT2D eigenvalue weighted by Crippen LogP contribution is 2.24. The molecule has 1 aromatic carbocycles. The van der Waals surface area contributed by atoms with Crippen molar-refractivity contribution in [3.05, 3.63) is 29.6 Å². The Balaban J connectivity index is 2.99. The zero-order valence-electron chi connectivity index (χ0n) is 10.4. The molecule has 0 saturated carbocycles. The first-order valence-corrected chi connectivity index (χ1v) is 5.73. The summed E-state index contributed by atoms with van der Waals surface area (Å²) in [6.07, 6.45) is 0.295. The summed E-state index contributed by atoms with van der Waals surface area (Å²) in [4.78, 5) is 1.73. The zero-order valence-corrected chi connectivity index (χ0v) is 10.4. The lowest BCUT2D eigenvalue weighted by Gasteiger charge is -2.26. The molecule has 0 aliphatic heterocycles. The number of hydrogen-bond acceptors (Lipinski definition) is 4. The number of benzene rings is 1. The fraction of sp³-hybridized carbons (Fsp3) is 0.462. The Labute approximate surface area is 106 Å². The second-order valence-corrected chi connectivity index (χ2v) is 3.79. The molecule has 1 rings (SSSR count). The maximum atomic E-state index is 13.9. The Morgan fingerprint density at radius 2 is 2.22 bits per heavy atom. The molecule has 0 aromatic heterocycles. The van der Waals surface area contributed by atoms with Crippen molar-refractivity contribution in [1.82, 2.24) is 0 Å². The van der Waals surface area contributed by atoms with Gasteiger partial charge in [-0.2, -0.15) is 5.26 Å². The Morgan fingerprint density at radius 1 is 1.44 bits per heavy atom. The number of para-hydroxylation sites is 1. The minimum atomic E-state index is -0.393. The average molecular weight is 252 g/mol. The van der Waals surface area contributed by atoms with Gasteiger partial charge in [0.2, 0.25) is 0 Å². The average Bonchev–Trinajstić information content (AvgIpc) is 2.39. The molecule has 0 saturated heterocycles. The molecule has 0 heterocycles. The van der Waals surface area contributed by atoms with E-state index in [1.807, 2.05) is 6.07 Å². The fourth-order valence-corrected chi connectivity index (χ4v) is 1.76. The lowest BCUT2D eigenvalue weighted by Crippen LogP contribution is -2.30. The minimum Gasteiger partial charge on any atom is -0.392 e. The van der Waals surface area contributed by atoms with E-state index in [4.69, 9.17) is 10.00 Å². The van der Waals surface area contributed by atoms with Crippen LogP contribution in [0.1, 0.15) is 12.0 Å². The lowest BCUT2D eigenvalue weighted by atomic mass is 10.1. The molecule has 0 amide bonds. The van der Waals surface area contributed by atoms with Gasteiger partial charge in [0.1, 0.15) is 5.82 Å². The van der Waals surface area contributed by atoms with Crippen LogP contribution < -0.4 is 4.90 Å². The van der Waals surface area contributed by atoms with Crippen LogP contribution in [0.25, 0.3) is 0 Å². The van der Waals surface area contributed by atoms with Gasteiger partial charge in [0.15, 0.2) is 0 Å². The third-order valence-corrected chi connectivity index (χ3v) is 2.62. The number of halogens is 1. The second kappa shape index (κ2) is 7.64. The van der Waals surface area contributed by atoms with Crippen LogP contribution in [0.15, 0.2) is 18.2 Å². The van der Waals surface area contributed by atoms with Crippen LogP contribution >= 0.6 is 0 Å². The summed E-state index contributed by atoms with van der Waals surface area (Å²) < 4.78 is 18.8. The molecule has 0 unspecified atom stereocenters. The number of nitriles is 1.